The van der Waals surface area contributed by atoms with Gasteiger partial charge in [0.25, 0.3) is 0 Å². The number of phenolic OH excluding ortho intramolecular Hbond substituents is 1. The Kier molecular flexibility index (Phi) is 5.56. The van der Waals surface area contributed by atoms with Gasteiger partial charge in [0.15, 0.2) is 17.3 Å². The van der Waals surface area contributed by atoms with Crippen molar-refractivity contribution in [3.05, 3.63) is 35.5 Å². The number of rotatable bonds is 7. The van der Waals surface area contributed by atoms with E-state index >= 15 is 0 Å². The van der Waals surface area contributed by atoms with Gasteiger partial charge in [-0.05, 0) is 31.0 Å². The van der Waals surface area contributed by atoms with Crippen molar-refractivity contribution in [1.29, 1.82) is 0 Å². The Hall–Kier alpha value is -2.57. The number of hydrogen-bond acceptors (Lipinski definition) is 6. The molecule has 0 aliphatic heterocycles. The van der Waals surface area contributed by atoms with Crippen molar-refractivity contribution in [2.24, 2.45) is 0 Å². The Balaban J connectivity index is 1.81. The highest BCUT2D eigenvalue weighted by Gasteiger charge is 2.12. The largest absolute Gasteiger partial charge is 0.504 e. The van der Waals surface area contributed by atoms with Crippen LogP contribution in [0.1, 0.15) is 30.1 Å². The molecule has 1 N–H and O–H groups in total. The molecule has 0 saturated carbocycles. The Morgan fingerprint density at radius 3 is 2.83 bits per heavy atom. The summed E-state index contributed by atoms with van der Waals surface area (Å²) < 4.78 is 10.0. The number of benzene rings is 1. The third kappa shape index (κ3) is 4.70. The molecule has 0 saturated heterocycles. The van der Waals surface area contributed by atoms with Crippen LogP contribution in [0.25, 0.3) is 0 Å². The lowest BCUT2D eigenvalue weighted by atomic mass is 10.1. The average molecular weight is 319 g/mol. The molecule has 0 bridgehead atoms. The Morgan fingerprint density at radius 2 is 2.22 bits per heavy atom. The van der Waals surface area contributed by atoms with Crippen LogP contribution in [0.2, 0.25) is 0 Å². The number of carbonyl (C=O) groups is 1. The van der Waals surface area contributed by atoms with E-state index in [0.29, 0.717) is 43.3 Å². The number of methoxy groups -OCH3 is 1. The fourth-order valence-corrected chi connectivity index (χ4v) is 2.22. The molecule has 0 unspecified atom stereocenters. The molecule has 0 aliphatic carbocycles. The van der Waals surface area contributed by atoms with Gasteiger partial charge in [0.2, 0.25) is 11.8 Å². The predicted molar refractivity (Wildman–Crippen MR) is 83.1 cm³/mol. The van der Waals surface area contributed by atoms with Crippen molar-refractivity contribution in [2.75, 3.05) is 14.2 Å². The zero-order valence-corrected chi connectivity index (χ0v) is 13.6. The van der Waals surface area contributed by atoms with E-state index in [1.807, 2.05) is 6.07 Å². The number of aryl methyl sites for hydroxylation is 2. The molecule has 1 aromatic carbocycles. The van der Waals surface area contributed by atoms with E-state index in [2.05, 4.69) is 10.1 Å². The van der Waals surface area contributed by atoms with Gasteiger partial charge in [-0.1, -0.05) is 11.2 Å². The van der Waals surface area contributed by atoms with Gasteiger partial charge in [0.05, 0.1) is 7.11 Å². The van der Waals surface area contributed by atoms with Crippen LogP contribution in [0.3, 0.4) is 0 Å². The first kappa shape index (κ1) is 16.8. The van der Waals surface area contributed by atoms with Gasteiger partial charge >= 0.3 is 0 Å². The Morgan fingerprint density at radius 1 is 1.43 bits per heavy atom. The van der Waals surface area contributed by atoms with Crippen molar-refractivity contribution >= 4 is 5.91 Å². The fourth-order valence-electron chi connectivity index (χ4n) is 2.22. The van der Waals surface area contributed by atoms with Crippen molar-refractivity contribution in [2.45, 2.75) is 32.7 Å². The Labute approximate surface area is 134 Å². The average Bonchev–Trinajstić information content (AvgIpc) is 2.92. The van der Waals surface area contributed by atoms with Crippen LogP contribution in [0.15, 0.2) is 22.7 Å². The molecular weight excluding hydrogens is 298 g/mol. The highest BCUT2D eigenvalue weighted by atomic mass is 16.5. The quantitative estimate of drug-likeness (QED) is 0.840. The molecule has 0 radical (unpaired) electrons. The summed E-state index contributed by atoms with van der Waals surface area (Å²) in [4.78, 5) is 17.9. The first-order valence-corrected chi connectivity index (χ1v) is 7.38. The van der Waals surface area contributed by atoms with E-state index < -0.39 is 0 Å². The van der Waals surface area contributed by atoms with Crippen LogP contribution in [-0.4, -0.2) is 40.2 Å². The van der Waals surface area contributed by atoms with Crippen LogP contribution in [0.4, 0.5) is 0 Å². The molecule has 1 amide bonds. The molecule has 2 aromatic rings. The lowest BCUT2D eigenvalue weighted by Crippen LogP contribution is -2.26. The summed E-state index contributed by atoms with van der Waals surface area (Å²) in [5.41, 5.74) is 0.840. The Bertz CT molecular complexity index is 669. The molecule has 0 fully saturated rings. The molecule has 1 heterocycles. The standard InChI is InChI=1S/C16H21N3O4/c1-11-17-15(23-18-11)5-4-6-16(21)19(2)10-12-7-8-14(22-3)13(20)9-12/h7-9,20H,4-6,10H2,1-3H3. The van der Waals surface area contributed by atoms with Crippen LogP contribution < -0.4 is 4.74 Å². The van der Waals surface area contributed by atoms with Crippen LogP contribution >= 0.6 is 0 Å². The summed E-state index contributed by atoms with van der Waals surface area (Å²) >= 11 is 0. The molecule has 7 heteroatoms. The first-order valence-electron chi connectivity index (χ1n) is 7.38. The number of aromatic nitrogens is 2. The second-order valence-corrected chi connectivity index (χ2v) is 5.34. The lowest BCUT2D eigenvalue weighted by Gasteiger charge is -2.17. The third-order valence-electron chi connectivity index (χ3n) is 3.44. The molecule has 124 valence electrons. The number of nitrogens with zero attached hydrogens (tertiary/aromatic N) is 3. The molecule has 7 nitrogen and oxygen atoms in total. The van der Waals surface area contributed by atoms with Gasteiger partial charge in [-0.15, -0.1) is 0 Å². The van der Waals surface area contributed by atoms with Crippen molar-refractivity contribution in [1.82, 2.24) is 15.0 Å². The summed E-state index contributed by atoms with van der Waals surface area (Å²) in [7, 11) is 3.23. The van der Waals surface area contributed by atoms with E-state index in [-0.39, 0.29) is 11.7 Å². The van der Waals surface area contributed by atoms with Gasteiger partial charge in [0, 0.05) is 26.4 Å². The maximum absolute atomic E-state index is 12.1. The second kappa shape index (κ2) is 7.62. The number of ether oxygens (including phenoxy) is 1. The maximum atomic E-state index is 12.1. The number of phenols is 1. The maximum Gasteiger partial charge on any atom is 0.226 e. The zero-order valence-electron chi connectivity index (χ0n) is 13.6. The molecular formula is C16H21N3O4. The van der Waals surface area contributed by atoms with Crippen molar-refractivity contribution in [3.8, 4) is 11.5 Å². The third-order valence-corrected chi connectivity index (χ3v) is 3.44. The molecule has 23 heavy (non-hydrogen) atoms. The smallest absolute Gasteiger partial charge is 0.226 e. The molecule has 1 aromatic heterocycles. The molecule has 0 spiro atoms. The summed E-state index contributed by atoms with van der Waals surface area (Å²) in [6.45, 7) is 2.19. The van der Waals surface area contributed by atoms with E-state index in [1.165, 1.54) is 7.11 Å². The van der Waals surface area contributed by atoms with Crippen LogP contribution in [-0.2, 0) is 17.8 Å². The summed E-state index contributed by atoms with van der Waals surface area (Å²) in [5.74, 6) is 1.66. The monoisotopic (exact) mass is 319 g/mol. The van der Waals surface area contributed by atoms with E-state index in [0.717, 1.165) is 5.56 Å². The highest BCUT2D eigenvalue weighted by Crippen LogP contribution is 2.26. The van der Waals surface area contributed by atoms with Gasteiger partial charge < -0.3 is 19.3 Å². The SMILES string of the molecule is COc1ccc(CN(C)C(=O)CCCc2nc(C)no2)cc1O. The minimum Gasteiger partial charge on any atom is -0.504 e. The normalized spacial score (nSPS) is 10.6. The van der Waals surface area contributed by atoms with Gasteiger partial charge in [-0.3, -0.25) is 4.79 Å². The first-order chi connectivity index (χ1) is 11.0. The lowest BCUT2D eigenvalue weighted by molar-refractivity contribution is -0.130. The second-order valence-electron chi connectivity index (χ2n) is 5.34. The number of amides is 1. The van der Waals surface area contributed by atoms with E-state index in [9.17, 15) is 9.90 Å². The molecule has 0 aliphatic rings. The number of carbonyl (C=O) groups excluding carboxylic acids is 1. The van der Waals surface area contributed by atoms with Crippen LogP contribution in [0, 0.1) is 6.92 Å². The summed E-state index contributed by atoms with van der Waals surface area (Å²) in [5, 5.41) is 13.5. The highest BCUT2D eigenvalue weighted by molar-refractivity contribution is 5.75. The fraction of sp³-hybridized carbons (Fsp3) is 0.438. The summed E-state index contributed by atoms with van der Waals surface area (Å²) in [6, 6.07) is 5.11. The van der Waals surface area contributed by atoms with E-state index in [1.54, 1.807) is 31.0 Å². The van der Waals surface area contributed by atoms with Gasteiger partial charge in [0.1, 0.15) is 0 Å². The molecule has 2 rings (SSSR count). The zero-order chi connectivity index (χ0) is 16.8. The van der Waals surface area contributed by atoms with Gasteiger partial charge in [-0.2, -0.15) is 4.98 Å². The predicted octanol–water partition coefficient (Wildman–Crippen LogP) is 2.07. The minimum absolute atomic E-state index is 0.0246. The van der Waals surface area contributed by atoms with Gasteiger partial charge in [-0.25, -0.2) is 0 Å². The van der Waals surface area contributed by atoms with Crippen molar-refractivity contribution < 1.29 is 19.2 Å². The molecule has 0 atom stereocenters. The number of hydrogen-bond donors (Lipinski definition) is 1. The van der Waals surface area contributed by atoms with E-state index in [4.69, 9.17) is 9.26 Å². The summed E-state index contributed by atoms with van der Waals surface area (Å²) in [6.07, 6.45) is 1.64. The van der Waals surface area contributed by atoms with Crippen molar-refractivity contribution in [3.63, 3.8) is 0 Å². The number of aromatic hydroxyl groups is 1. The van der Waals surface area contributed by atoms with Crippen LogP contribution in [0.5, 0.6) is 11.5 Å². The minimum atomic E-state index is 0.0246. The topological polar surface area (TPSA) is 88.7 Å².